The van der Waals surface area contributed by atoms with Crippen molar-refractivity contribution in [1.29, 1.82) is 0 Å². The van der Waals surface area contributed by atoms with Gasteiger partial charge in [-0.05, 0) is 43.3 Å². The molecule has 126 valence electrons. The standard InChI is InChI=1S/C15H21N3O3S2/c1-22(2)7-4-10(9-22)18-12-11(15(5-6-15)13(18)19)8-16-14(17-12)23(3,20)21/h8,10H,4-7,9H2,1-3H3. The smallest absolute Gasteiger partial charge is 0.248 e. The first kappa shape index (κ1) is 15.4. The van der Waals surface area contributed by atoms with Crippen LogP contribution >= 0.6 is 10.0 Å². The Morgan fingerprint density at radius 3 is 2.57 bits per heavy atom. The van der Waals surface area contributed by atoms with Gasteiger partial charge in [-0.2, -0.15) is 0 Å². The molecule has 1 aromatic rings. The van der Waals surface area contributed by atoms with E-state index in [9.17, 15) is 13.2 Å². The van der Waals surface area contributed by atoms with Crippen LogP contribution < -0.4 is 4.90 Å². The van der Waals surface area contributed by atoms with Crippen molar-refractivity contribution >= 4 is 31.6 Å². The Kier molecular flexibility index (Phi) is 2.99. The number of hydrogen-bond acceptors (Lipinski definition) is 5. The molecular formula is C15H21N3O3S2. The van der Waals surface area contributed by atoms with Gasteiger partial charge in [0.15, 0.2) is 0 Å². The van der Waals surface area contributed by atoms with E-state index in [0.717, 1.165) is 42.6 Å². The summed E-state index contributed by atoms with van der Waals surface area (Å²) in [5, 5.41) is -0.184. The van der Waals surface area contributed by atoms with Crippen LogP contribution in [-0.2, 0) is 20.0 Å². The second-order valence-electron chi connectivity index (χ2n) is 7.50. The van der Waals surface area contributed by atoms with E-state index in [1.54, 1.807) is 11.1 Å². The van der Waals surface area contributed by atoms with Gasteiger partial charge < -0.3 is 0 Å². The predicted molar refractivity (Wildman–Crippen MR) is 91.1 cm³/mol. The number of fused-ring (bicyclic) bond motifs is 2. The van der Waals surface area contributed by atoms with E-state index in [2.05, 4.69) is 22.5 Å². The Hall–Kier alpha value is -1.15. The SMILES string of the molecule is CS1(C)CCC(N2C(=O)C3(CC3)c3cnc(S(C)(=O)=O)nc32)C1. The number of rotatable bonds is 2. The van der Waals surface area contributed by atoms with Crippen LogP contribution in [0.25, 0.3) is 0 Å². The summed E-state index contributed by atoms with van der Waals surface area (Å²) in [7, 11) is -4.15. The summed E-state index contributed by atoms with van der Waals surface area (Å²) in [6, 6.07) is 0.147. The molecule has 1 aliphatic carbocycles. The van der Waals surface area contributed by atoms with Crippen molar-refractivity contribution in [3.05, 3.63) is 11.8 Å². The minimum absolute atomic E-state index is 0.106. The molecule has 2 fully saturated rings. The zero-order valence-electron chi connectivity index (χ0n) is 13.6. The lowest BCUT2D eigenvalue weighted by Crippen LogP contribution is -2.41. The lowest BCUT2D eigenvalue weighted by atomic mass is 10.0. The molecule has 1 saturated carbocycles. The number of sulfone groups is 1. The summed E-state index contributed by atoms with van der Waals surface area (Å²) < 4.78 is 23.6. The van der Waals surface area contributed by atoms with Crippen molar-refractivity contribution in [2.45, 2.75) is 35.9 Å². The quantitative estimate of drug-likeness (QED) is 0.742. The molecule has 0 bridgehead atoms. The van der Waals surface area contributed by atoms with Gasteiger partial charge in [-0.25, -0.2) is 28.4 Å². The van der Waals surface area contributed by atoms with Crippen molar-refractivity contribution < 1.29 is 13.2 Å². The average molecular weight is 355 g/mol. The zero-order valence-corrected chi connectivity index (χ0v) is 15.2. The molecule has 1 atom stereocenters. The van der Waals surface area contributed by atoms with E-state index in [-0.39, 0.29) is 17.1 Å². The van der Waals surface area contributed by atoms with E-state index < -0.39 is 25.3 Å². The maximum atomic E-state index is 13.0. The molecule has 8 heteroatoms. The molecule has 1 unspecified atom stereocenters. The molecule has 23 heavy (non-hydrogen) atoms. The summed E-state index contributed by atoms with van der Waals surface area (Å²) in [5.74, 6) is 2.81. The molecule has 1 spiro atoms. The van der Waals surface area contributed by atoms with Crippen molar-refractivity contribution in [2.75, 3.05) is 35.2 Å². The molecule has 0 N–H and O–H groups in total. The highest BCUT2D eigenvalue weighted by atomic mass is 32.3. The van der Waals surface area contributed by atoms with Gasteiger partial charge in [-0.1, -0.05) is 0 Å². The average Bonchev–Trinajstić information content (AvgIpc) is 3.12. The first-order chi connectivity index (χ1) is 10.6. The second-order valence-corrected chi connectivity index (χ2v) is 13.7. The fraction of sp³-hybridized carbons (Fsp3) is 0.667. The Morgan fingerprint density at radius 2 is 2.04 bits per heavy atom. The van der Waals surface area contributed by atoms with Crippen LogP contribution in [-0.4, -0.2) is 60.6 Å². The lowest BCUT2D eigenvalue weighted by Gasteiger charge is -2.28. The molecule has 1 saturated heterocycles. The van der Waals surface area contributed by atoms with Crippen LogP contribution in [0.5, 0.6) is 0 Å². The molecule has 0 aromatic carbocycles. The highest BCUT2D eigenvalue weighted by molar-refractivity contribution is 8.32. The number of amides is 1. The molecule has 3 heterocycles. The Balaban J connectivity index is 1.82. The van der Waals surface area contributed by atoms with Gasteiger partial charge in [0.1, 0.15) is 5.82 Å². The van der Waals surface area contributed by atoms with Gasteiger partial charge in [-0.3, -0.25) is 9.69 Å². The minimum atomic E-state index is -3.48. The molecular weight excluding hydrogens is 334 g/mol. The van der Waals surface area contributed by atoms with E-state index in [4.69, 9.17) is 0 Å². The van der Waals surface area contributed by atoms with Gasteiger partial charge in [0.25, 0.3) is 0 Å². The maximum Gasteiger partial charge on any atom is 0.248 e. The first-order valence-corrected chi connectivity index (χ1v) is 12.4. The third-order valence-corrected chi connectivity index (χ3v) is 8.70. The summed E-state index contributed by atoms with van der Waals surface area (Å²) in [5.41, 5.74) is 0.363. The highest BCUT2D eigenvalue weighted by Crippen LogP contribution is 2.59. The van der Waals surface area contributed by atoms with Crippen LogP contribution in [0.4, 0.5) is 5.82 Å². The number of hydrogen-bond donors (Lipinski definition) is 0. The summed E-state index contributed by atoms with van der Waals surface area (Å²) >= 11 is 0. The maximum absolute atomic E-state index is 13.0. The molecule has 1 amide bonds. The Labute approximate surface area is 137 Å². The van der Waals surface area contributed by atoms with E-state index in [1.807, 2.05) is 0 Å². The first-order valence-electron chi connectivity index (χ1n) is 7.74. The van der Waals surface area contributed by atoms with Gasteiger partial charge in [0, 0.05) is 24.1 Å². The van der Waals surface area contributed by atoms with Crippen molar-refractivity contribution in [1.82, 2.24) is 9.97 Å². The topological polar surface area (TPSA) is 80.2 Å². The van der Waals surface area contributed by atoms with Crippen molar-refractivity contribution in [3.63, 3.8) is 0 Å². The van der Waals surface area contributed by atoms with Crippen molar-refractivity contribution in [3.8, 4) is 0 Å². The third kappa shape index (κ3) is 2.21. The molecule has 0 radical (unpaired) electrons. The van der Waals surface area contributed by atoms with Gasteiger partial charge in [0.2, 0.25) is 20.9 Å². The van der Waals surface area contributed by atoms with Gasteiger partial charge >= 0.3 is 0 Å². The van der Waals surface area contributed by atoms with Crippen LogP contribution in [0.2, 0.25) is 0 Å². The molecule has 2 aliphatic heterocycles. The highest BCUT2D eigenvalue weighted by Gasteiger charge is 2.61. The number of carbonyl (C=O) groups excluding carboxylic acids is 1. The van der Waals surface area contributed by atoms with E-state index >= 15 is 0 Å². The number of aromatic nitrogens is 2. The molecule has 4 rings (SSSR count). The lowest BCUT2D eigenvalue weighted by molar-refractivity contribution is -0.120. The Morgan fingerprint density at radius 1 is 1.35 bits per heavy atom. The minimum Gasteiger partial charge on any atom is -0.292 e. The second kappa shape index (κ2) is 4.47. The fourth-order valence-corrected chi connectivity index (χ4v) is 6.72. The van der Waals surface area contributed by atoms with Crippen LogP contribution in [0.15, 0.2) is 11.4 Å². The molecule has 1 aromatic heterocycles. The van der Waals surface area contributed by atoms with Crippen LogP contribution in [0, 0.1) is 0 Å². The number of nitrogens with zero attached hydrogens (tertiary/aromatic N) is 3. The van der Waals surface area contributed by atoms with Crippen molar-refractivity contribution in [2.24, 2.45) is 0 Å². The fourth-order valence-electron chi connectivity index (χ4n) is 3.79. The van der Waals surface area contributed by atoms with Crippen LogP contribution in [0.3, 0.4) is 0 Å². The van der Waals surface area contributed by atoms with Crippen LogP contribution in [0.1, 0.15) is 24.8 Å². The number of carbonyl (C=O) groups is 1. The molecule has 3 aliphatic rings. The normalized spacial score (nSPS) is 28.9. The summed E-state index contributed by atoms with van der Waals surface area (Å²) in [4.78, 5) is 23.1. The zero-order chi connectivity index (χ0) is 16.6. The summed E-state index contributed by atoms with van der Waals surface area (Å²) in [6.07, 6.45) is 9.87. The Bertz CT molecular complexity index is 815. The van der Waals surface area contributed by atoms with Gasteiger partial charge in [-0.15, -0.1) is 0 Å². The van der Waals surface area contributed by atoms with E-state index in [0.29, 0.717) is 5.82 Å². The number of anilines is 1. The summed E-state index contributed by atoms with van der Waals surface area (Å²) in [6.45, 7) is 0. The predicted octanol–water partition coefficient (Wildman–Crippen LogP) is 1.09. The van der Waals surface area contributed by atoms with E-state index in [1.165, 1.54) is 0 Å². The largest absolute Gasteiger partial charge is 0.292 e. The monoisotopic (exact) mass is 355 g/mol. The van der Waals surface area contributed by atoms with Gasteiger partial charge in [0.05, 0.1) is 5.41 Å². The molecule has 6 nitrogen and oxygen atoms in total. The third-order valence-electron chi connectivity index (χ3n) is 5.21.